The van der Waals surface area contributed by atoms with Crippen molar-refractivity contribution in [3.8, 4) is 33.5 Å². The van der Waals surface area contributed by atoms with Gasteiger partial charge in [0.05, 0.1) is 22.4 Å². The Bertz CT molecular complexity index is 1620. The SMILES string of the molecule is CS(=O)(=O)c1ccc(F)cc1-c1ccc(-c2ccnc(-c3cccc(N)c3C=NO)c2C(N)=O)cc1. The van der Waals surface area contributed by atoms with Crippen molar-refractivity contribution < 1.29 is 22.8 Å². The molecule has 3 aromatic carbocycles. The van der Waals surface area contributed by atoms with Crippen LogP contribution in [0.3, 0.4) is 0 Å². The number of anilines is 1. The van der Waals surface area contributed by atoms with Crippen LogP contribution in [-0.4, -0.2) is 37.0 Å². The molecule has 4 rings (SSSR count). The Balaban J connectivity index is 1.88. The van der Waals surface area contributed by atoms with Gasteiger partial charge >= 0.3 is 0 Å². The number of rotatable bonds is 6. The quantitative estimate of drug-likeness (QED) is 0.118. The largest absolute Gasteiger partial charge is 0.411 e. The summed E-state index contributed by atoms with van der Waals surface area (Å²) in [5, 5.41) is 12.1. The monoisotopic (exact) mass is 504 g/mol. The first-order valence-electron chi connectivity index (χ1n) is 10.6. The number of aromatic nitrogens is 1. The number of carbonyl (C=O) groups excluding carboxylic acids is 1. The molecule has 0 saturated carbocycles. The smallest absolute Gasteiger partial charge is 0.251 e. The van der Waals surface area contributed by atoms with Crippen LogP contribution in [0.2, 0.25) is 0 Å². The van der Waals surface area contributed by atoms with E-state index in [0.29, 0.717) is 33.5 Å². The number of nitrogens with zero attached hydrogens (tertiary/aromatic N) is 2. The molecule has 0 bridgehead atoms. The average Bonchev–Trinajstić information content (AvgIpc) is 2.84. The summed E-state index contributed by atoms with van der Waals surface area (Å²) in [6.07, 6.45) is 3.71. The summed E-state index contributed by atoms with van der Waals surface area (Å²) in [6, 6.07) is 16.7. The predicted molar refractivity (Wildman–Crippen MR) is 136 cm³/mol. The molecule has 36 heavy (non-hydrogen) atoms. The predicted octanol–water partition coefficient (Wildman–Crippen LogP) is 4.11. The summed E-state index contributed by atoms with van der Waals surface area (Å²) in [7, 11) is -3.60. The van der Waals surface area contributed by atoms with Crippen molar-refractivity contribution in [1.29, 1.82) is 0 Å². The van der Waals surface area contributed by atoms with Gasteiger partial charge in [0.1, 0.15) is 5.82 Å². The third-order valence-corrected chi connectivity index (χ3v) is 6.78. The fourth-order valence-electron chi connectivity index (χ4n) is 4.03. The maximum absolute atomic E-state index is 13.9. The zero-order valence-electron chi connectivity index (χ0n) is 19.0. The van der Waals surface area contributed by atoms with Crippen LogP contribution in [0.4, 0.5) is 10.1 Å². The van der Waals surface area contributed by atoms with Crippen molar-refractivity contribution in [3.63, 3.8) is 0 Å². The van der Waals surface area contributed by atoms with Crippen LogP contribution in [0.25, 0.3) is 33.5 Å². The molecule has 1 heterocycles. The van der Waals surface area contributed by atoms with E-state index in [1.165, 1.54) is 12.3 Å². The maximum Gasteiger partial charge on any atom is 0.251 e. The molecule has 8 nitrogen and oxygen atoms in total. The number of primary amides is 1. The molecule has 10 heteroatoms. The highest BCUT2D eigenvalue weighted by Gasteiger charge is 2.21. The second-order valence-corrected chi connectivity index (χ2v) is 9.97. The van der Waals surface area contributed by atoms with E-state index in [1.807, 2.05) is 0 Å². The number of carbonyl (C=O) groups is 1. The molecule has 0 atom stereocenters. The van der Waals surface area contributed by atoms with Gasteiger partial charge in [0.15, 0.2) is 9.84 Å². The Labute approximate surface area is 206 Å². The minimum Gasteiger partial charge on any atom is -0.411 e. The third-order valence-electron chi connectivity index (χ3n) is 5.63. The van der Waals surface area contributed by atoms with Crippen LogP contribution >= 0.6 is 0 Å². The van der Waals surface area contributed by atoms with Gasteiger partial charge in [0, 0.05) is 34.8 Å². The second-order valence-electron chi connectivity index (χ2n) is 7.99. The number of nitrogen functional groups attached to an aromatic ring is 1. The molecule has 0 fully saturated rings. The fraction of sp³-hybridized carbons (Fsp3) is 0.0385. The zero-order chi connectivity index (χ0) is 26.0. The van der Waals surface area contributed by atoms with Gasteiger partial charge in [-0.25, -0.2) is 12.8 Å². The van der Waals surface area contributed by atoms with Crippen molar-refractivity contribution in [1.82, 2.24) is 4.98 Å². The van der Waals surface area contributed by atoms with Crippen LogP contribution in [0.1, 0.15) is 15.9 Å². The van der Waals surface area contributed by atoms with Gasteiger partial charge in [0.25, 0.3) is 5.91 Å². The topological polar surface area (TPSA) is 149 Å². The molecule has 0 aliphatic carbocycles. The van der Waals surface area contributed by atoms with Crippen LogP contribution < -0.4 is 11.5 Å². The van der Waals surface area contributed by atoms with E-state index in [1.54, 1.807) is 48.5 Å². The van der Waals surface area contributed by atoms with E-state index in [-0.39, 0.29) is 21.7 Å². The number of oxime groups is 1. The lowest BCUT2D eigenvalue weighted by Crippen LogP contribution is -2.15. The standard InChI is InChI=1S/C26H21FN4O4S/c1-36(34,35)23-10-9-17(27)13-20(23)16-7-5-15(6-8-16)18-11-12-30-25(24(18)26(29)32)19-3-2-4-22(28)21(19)14-31-33/h2-14,33H,28H2,1H3,(H2,29,32). The summed E-state index contributed by atoms with van der Waals surface area (Å²) in [6.45, 7) is 0. The van der Waals surface area contributed by atoms with Gasteiger partial charge < -0.3 is 16.7 Å². The summed E-state index contributed by atoms with van der Waals surface area (Å²) in [5.41, 5.74) is 15.0. The normalized spacial score (nSPS) is 11.6. The Morgan fingerprint density at radius 2 is 1.67 bits per heavy atom. The Morgan fingerprint density at radius 3 is 2.28 bits per heavy atom. The summed E-state index contributed by atoms with van der Waals surface area (Å²) >= 11 is 0. The van der Waals surface area contributed by atoms with Crippen molar-refractivity contribution in [2.24, 2.45) is 10.9 Å². The number of pyridine rings is 1. The molecular formula is C26H21FN4O4S. The Kier molecular flexibility index (Phi) is 6.54. The van der Waals surface area contributed by atoms with Crippen molar-refractivity contribution in [2.75, 3.05) is 12.0 Å². The number of hydrogen-bond acceptors (Lipinski definition) is 7. The van der Waals surface area contributed by atoms with Crippen molar-refractivity contribution in [3.05, 3.63) is 89.9 Å². The first-order chi connectivity index (χ1) is 17.1. The zero-order valence-corrected chi connectivity index (χ0v) is 19.8. The lowest BCUT2D eigenvalue weighted by Gasteiger charge is -2.15. The van der Waals surface area contributed by atoms with Crippen LogP contribution in [-0.2, 0) is 9.84 Å². The Morgan fingerprint density at radius 1 is 1.00 bits per heavy atom. The van der Waals surface area contributed by atoms with E-state index in [4.69, 9.17) is 16.7 Å². The molecule has 1 amide bonds. The van der Waals surface area contributed by atoms with E-state index in [2.05, 4.69) is 10.1 Å². The minimum atomic E-state index is -3.60. The van der Waals surface area contributed by atoms with Crippen LogP contribution in [0.15, 0.2) is 83.0 Å². The number of sulfone groups is 1. The van der Waals surface area contributed by atoms with E-state index in [9.17, 15) is 17.6 Å². The van der Waals surface area contributed by atoms with Gasteiger partial charge in [0.2, 0.25) is 0 Å². The average molecular weight is 505 g/mol. The van der Waals surface area contributed by atoms with Gasteiger partial charge in [-0.2, -0.15) is 0 Å². The number of benzene rings is 3. The van der Waals surface area contributed by atoms with Crippen molar-refractivity contribution in [2.45, 2.75) is 4.90 Å². The Hall–Kier alpha value is -4.57. The maximum atomic E-state index is 13.9. The van der Waals surface area contributed by atoms with Crippen LogP contribution in [0.5, 0.6) is 0 Å². The van der Waals surface area contributed by atoms with Gasteiger partial charge in [-0.3, -0.25) is 9.78 Å². The van der Waals surface area contributed by atoms with E-state index >= 15 is 0 Å². The van der Waals surface area contributed by atoms with Crippen molar-refractivity contribution >= 4 is 27.6 Å². The molecule has 4 aromatic rings. The molecule has 0 aliphatic rings. The summed E-state index contributed by atoms with van der Waals surface area (Å²) in [5.74, 6) is -1.31. The second kappa shape index (κ2) is 9.59. The molecular weight excluding hydrogens is 483 g/mol. The number of nitrogens with two attached hydrogens (primary N) is 2. The molecule has 0 aliphatic heterocycles. The third kappa shape index (κ3) is 4.66. The summed E-state index contributed by atoms with van der Waals surface area (Å²) in [4.78, 5) is 16.9. The molecule has 182 valence electrons. The van der Waals surface area contributed by atoms with Gasteiger partial charge in [-0.15, -0.1) is 0 Å². The lowest BCUT2D eigenvalue weighted by molar-refractivity contribution is 0.100. The van der Waals surface area contributed by atoms with E-state index < -0.39 is 21.6 Å². The molecule has 0 unspecified atom stereocenters. The first-order valence-corrected chi connectivity index (χ1v) is 12.5. The number of amides is 1. The van der Waals surface area contributed by atoms with E-state index in [0.717, 1.165) is 24.6 Å². The molecule has 0 spiro atoms. The first kappa shape index (κ1) is 24.6. The summed E-state index contributed by atoms with van der Waals surface area (Å²) < 4.78 is 38.3. The lowest BCUT2D eigenvalue weighted by atomic mass is 9.92. The van der Waals surface area contributed by atoms with Gasteiger partial charge in [-0.05, 0) is 47.0 Å². The van der Waals surface area contributed by atoms with Gasteiger partial charge in [-0.1, -0.05) is 41.6 Å². The fourth-order valence-corrected chi connectivity index (χ4v) is 4.92. The number of hydrogen-bond donors (Lipinski definition) is 3. The highest BCUT2D eigenvalue weighted by molar-refractivity contribution is 7.90. The molecule has 1 aromatic heterocycles. The van der Waals surface area contributed by atoms with Crippen LogP contribution in [0, 0.1) is 5.82 Å². The molecule has 5 N–H and O–H groups in total. The molecule has 0 radical (unpaired) electrons. The number of halogens is 1. The molecule has 0 saturated heterocycles. The highest BCUT2D eigenvalue weighted by atomic mass is 32.2. The minimum absolute atomic E-state index is 0.000385. The highest BCUT2D eigenvalue weighted by Crippen LogP contribution is 2.35.